The van der Waals surface area contributed by atoms with Crippen LogP contribution in [0.4, 0.5) is 11.5 Å². The average Bonchev–Trinajstić information content (AvgIpc) is 2.96. The smallest absolute Gasteiger partial charge is 0.288 e. The van der Waals surface area contributed by atoms with Crippen LogP contribution in [0.25, 0.3) is 0 Å². The van der Waals surface area contributed by atoms with Gasteiger partial charge in [-0.15, -0.1) is 0 Å². The molecule has 0 bridgehead atoms. The zero-order valence-electron chi connectivity index (χ0n) is 14.4. The molecular formula is C18H13Cl3N4O3. The number of carbonyl (C=O) groups is 1. The second-order valence-corrected chi connectivity index (χ2v) is 7.19. The second-order valence-electron chi connectivity index (χ2n) is 5.94. The van der Waals surface area contributed by atoms with Gasteiger partial charge < -0.3 is 5.32 Å². The fraction of sp³-hybridized carbons (Fsp3) is 0.111. The van der Waals surface area contributed by atoms with Gasteiger partial charge in [0.1, 0.15) is 5.02 Å². The molecule has 1 aromatic heterocycles. The highest BCUT2D eigenvalue weighted by molar-refractivity contribution is 6.35. The van der Waals surface area contributed by atoms with Crippen molar-refractivity contribution in [2.45, 2.75) is 13.5 Å². The molecule has 0 atom stereocenters. The summed E-state index contributed by atoms with van der Waals surface area (Å²) in [6.45, 7) is 2.23. The van der Waals surface area contributed by atoms with E-state index < -0.39 is 10.8 Å². The van der Waals surface area contributed by atoms with E-state index in [0.29, 0.717) is 22.4 Å². The summed E-state index contributed by atoms with van der Waals surface area (Å²) in [6.07, 6.45) is 0. The summed E-state index contributed by atoms with van der Waals surface area (Å²) in [4.78, 5) is 22.7. The lowest BCUT2D eigenvalue weighted by Gasteiger charge is -2.07. The number of aromatic nitrogens is 2. The van der Waals surface area contributed by atoms with Crippen LogP contribution in [-0.4, -0.2) is 20.6 Å². The number of benzene rings is 2. The first-order valence-corrected chi connectivity index (χ1v) is 9.11. The zero-order chi connectivity index (χ0) is 20.4. The number of nitro benzene ring substituents is 1. The Hall–Kier alpha value is -2.61. The molecule has 1 N–H and O–H groups in total. The van der Waals surface area contributed by atoms with Crippen molar-refractivity contribution in [3.8, 4) is 0 Å². The predicted molar refractivity (Wildman–Crippen MR) is 109 cm³/mol. The van der Waals surface area contributed by atoms with E-state index in [-0.39, 0.29) is 16.3 Å². The normalized spacial score (nSPS) is 10.7. The van der Waals surface area contributed by atoms with Gasteiger partial charge in [0.2, 0.25) is 0 Å². The fourth-order valence-corrected chi connectivity index (χ4v) is 3.18. The van der Waals surface area contributed by atoms with Crippen LogP contribution < -0.4 is 5.32 Å². The summed E-state index contributed by atoms with van der Waals surface area (Å²) in [5.41, 5.74) is 1.38. The third-order valence-corrected chi connectivity index (χ3v) is 4.87. The molecule has 10 heteroatoms. The van der Waals surface area contributed by atoms with Crippen molar-refractivity contribution < 1.29 is 9.72 Å². The molecule has 0 aliphatic heterocycles. The summed E-state index contributed by atoms with van der Waals surface area (Å²) in [5.74, 6) is -0.223. The molecule has 1 heterocycles. The second kappa shape index (κ2) is 8.18. The van der Waals surface area contributed by atoms with Gasteiger partial charge in [-0.2, -0.15) is 5.10 Å². The van der Waals surface area contributed by atoms with E-state index in [1.165, 1.54) is 12.1 Å². The number of anilines is 1. The number of nitro groups is 1. The Balaban J connectivity index is 1.79. The molecule has 1 amide bonds. The van der Waals surface area contributed by atoms with Crippen molar-refractivity contribution in [1.29, 1.82) is 0 Å². The van der Waals surface area contributed by atoms with Crippen molar-refractivity contribution in [2.75, 3.05) is 5.32 Å². The van der Waals surface area contributed by atoms with E-state index in [9.17, 15) is 14.9 Å². The first kappa shape index (κ1) is 20.1. The minimum absolute atomic E-state index is 0.0403. The Morgan fingerprint density at radius 2 is 1.89 bits per heavy atom. The molecule has 28 heavy (non-hydrogen) atoms. The van der Waals surface area contributed by atoms with Gasteiger partial charge in [-0.3, -0.25) is 19.6 Å². The molecule has 144 valence electrons. The predicted octanol–water partition coefficient (Wildman–Crippen LogP) is 5.36. The zero-order valence-corrected chi connectivity index (χ0v) is 16.7. The van der Waals surface area contributed by atoms with Gasteiger partial charge in [-0.1, -0.05) is 40.9 Å². The molecule has 0 unspecified atom stereocenters. The maximum Gasteiger partial charge on any atom is 0.288 e. The molecule has 7 nitrogen and oxygen atoms in total. The van der Waals surface area contributed by atoms with Crippen molar-refractivity contribution in [3.63, 3.8) is 0 Å². The third-order valence-electron chi connectivity index (χ3n) is 3.96. The highest BCUT2D eigenvalue weighted by Crippen LogP contribution is 2.26. The molecule has 0 fully saturated rings. The van der Waals surface area contributed by atoms with E-state index in [2.05, 4.69) is 10.4 Å². The van der Waals surface area contributed by atoms with E-state index in [1.54, 1.807) is 28.9 Å². The number of rotatable bonds is 5. The molecule has 0 saturated heterocycles. The summed E-state index contributed by atoms with van der Waals surface area (Å²) < 4.78 is 1.68. The third kappa shape index (κ3) is 4.44. The number of halogens is 3. The van der Waals surface area contributed by atoms with Gasteiger partial charge in [0.15, 0.2) is 5.82 Å². The van der Waals surface area contributed by atoms with Crippen LogP contribution in [0, 0.1) is 17.0 Å². The largest absolute Gasteiger partial charge is 0.305 e. The molecule has 0 saturated carbocycles. The van der Waals surface area contributed by atoms with Crippen molar-refractivity contribution in [2.24, 2.45) is 0 Å². The topological polar surface area (TPSA) is 90.1 Å². The van der Waals surface area contributed by atoms with Crippen LogP contribution in [0.5, 0.6) is 0 Å². The number of nitrogens with zero attached hydrogens (tertiary/aromatic N) is 3. The van der Waals surface area contributed by atoms with Gasteiger partial charge in [-0.05, 0) is 36.8 Å². The van der Waals surface area contributed by atoms with Crippen LogP contribution >= 0.6 is 34.8 Å². The van der Waals surface area contributed by atoms with Crippen LogP contribution in [0.1, 0.15) is 21.6 Å². The number of aryl methyl sites for hydroxylation is 1. The summed E-state index contributed by atoms with van der Waals surface area (Å²) in [7, 11) is 0. The Morgan fingerprint density at radius 3 is 2.57 bits per heavy atom. The lowest BCUT2D eigenvalue weighted by Crippen LogP contribution is -2.13. The van der Waals surface area contributed by atoms with Gasteiger partial charge in [0, 0.05) is 33.4 Å². The van der Waals surface area contributed by atoms with Crippen LogP contribution in [0.2, 0.25) is 15.1 Å². The number of hydrogen-bond acceptors (Lipinski definition) is 4. The summed E-state index contributed by atoms with van der Waals surface area (Å²) >= 11 is 17.9. The van der Waals surface area contributed by atoms with E-state index in [1.807, 2.05) is 6.92 Å². The molecule has 0 aliphatic carbocycles. The molecule has 2 aromatic carbocycles. The van der Waals surface area contributed by atoms with Gasteiger partial charge >= 0.3 is 0 Å². The Morgan fingerprint density at radius 1 is 1.14 bits per heavy atom. The van der Waals surface area contributed by atoms with Crippen molar-refractivity contribution in [3.05, 3.63) is 84.5 Å². The van der Waals surface area contributed by atoms with Crippen LogP contribution in [0.3, 0.4) is 0 Å². The van der Waals surface area contributed by atoms with Crippen LogP contribution in [0.15, 0.2) is 42.5 Å². The molecule has 0 aliphatic rings. The SMILES string of the molecule is Cc1cc(NC(=O)c2ccc(Cl)c([N+](=O)[O-])c2)nn1Cc1ccc(Cl)cc1Cl. The number of hydrogen-bond donors (Lipinski definition) is 1. The minimum Gasteiger partial charge on any atom is -0.305 e. The van der Waals surface area contributed by atoms with E-state index in [0.717, 1.165) is 17.3 Å². The minimum atomic E-state index is -0.645. The van der Waals surface area contributed by atoms with Crippen molar-refractivity contribution >= 4 is 52.2 Å². The van der Waals surface area contributed by atoms with E-state index >= 15 is 0 Å². The molecule has 3 rings (SSSR count). The van der Waals surface area contributed by atoms with E-state index in [4.69, 9.17) is 34.8 Å². The molecule has 0 spiro atoms. The first-order chi connectivity index (χ1) is 13.2. The average molecular weight is 440 g/mol. The number of nitrogens with one attached hydrogen (secondary N) is 1. The van der Waals surface area contributed by atoms with Gasteiger partial charge in [0.25, 0.3) is 11.6 Å². The lowest BCUT2D eigenvalue weighted by atomic mass is 10.2. The monoisotopic (exact) mass is 438 g/mol. The summed E-state index contributed by atoms with van der Waals surface area (Å²) in [5, 5.41) is 19.0. The van der Waals surface area contributed by atoms with Crippen molar-refractivity contribution in [1.82, 2.24) is 9.78 Å². The molecule has 0 radical (unpaired) electrons. The highest BCUT2D eigenvalue weighted by Gasteiger charge is 2.17. The maximum atomic E-state index is 12.4. The standard InChI is InChI=1S/C18H13Cl3N4O3/c1-10-6-17(23-24(10)9-12-2-4-13(19)8-15(12)21)22-18(26)11-3-5-14(20)16(7-11)25(27)28/h2-8H,9H2,1H3,(H,22,23,26). The Kier molecular flexibility index (Phi) is 5.88. The summed E-state index contributed by atoms with van der Waals surface area (Å²) in [6, 6.07) is 10.7. The first-order valence-electron chi connectivity index (χ1n) is 7.98. The quantitative estimate of drug-likeness (QED) is 0.428. The Labute approximate surface area is 175 Å². The van der Waals surface area contributed by atoms with Gasteiger partial charge in [0.05, 0.1) is 11.5 Å². The Bertz CT molecular complexity index is 1080. The molecular weight excluding hydrogens is 427 g/mol. The lowest BCUT2D eigenvalue weighted by molar-refractivity contribution is -0.384. The van der Waals surface area contributed by atoms with Crippen LogP contribution in [-0.2, 0) is 6.54 Å². The van der Waals surface area contributed by atoms with Gasteiger partial charge in [-0.25, -0.2) is 0 Å². The number of carbonyl (C=O) groups excluding carboxylic acids is 1. The highest BCUT2D eigenvalue weighted by atomic mass is 35.5. The number of amides is 1. The molecule has 3 aromatic rings. The fourth-order valence-electron chi connectivity index (χ4n) is 2.52. The maximum absolute atomic E-state index is 12.4.